The number of aromatic nitrogens is 3. The number of Topliss-reactive ketones (excluding diaryl/α,β-unsaturated/α-hetero) is 1. The van der Waals surface area contributed by atoms with Gasteiger partial charge in [0.25, 0.3) is 5.91 Å². The molecule has 0 radical (unpaired) electrons. The van der Waals surface area contributed by atoms with Crippen LogP contribution in [0.25, 0.3) is 0 Å². The highest BCUT2D eigenvalue weighted by Gasteiger charge is 2.16. The van der Waals surface area contributed by atoms with Crippen LogP contribution in [-0.4, -0.2) is 32.2 Å². The van der Waals surface area contributed by atoms with Crippen LogP contribution < -0.4 is 5.32 Å². The van der Waals surface area contributed by atoms with Crippen molar-refractivity contribution in [3.8, 4) is 6.07 Å². The first kappa shape index (κ1) is 22.5. The first-order valence-electron chi connectivity index (χ1n) is 9.25. The molecular weight excluding hydrogens is 478 g/mol. The van der Waals surface area contributed by atoms with Crippen molar-refractivity contribution in [1.82, 2.24) is 20.1 Å². The Morgan fingerprint density at radius 3 is 2.61 bits per heavy atom. The van der Waals surface area contributed by atoms with Crippen LogP contribution in [-0.2, 0) is 13.1 Å². The lowest BCUT2D eigenvalue weighted by atomic mass is 10.1. The largest absolute Gasteiger partial charge is 0.345 e. The molecule has 3 aromatic rings. The van der Waals surface area contributed by atoms with Crippen molar-refractivity contribution in [2.45, 2.75) is 18.2 Å². The predicted octanol–water partition coefficient (Wildman–Crippen LogP) is 4.00. The van der Waals surface area contributed by atoms with Crippen LogP contribution in [0, 0.1) is 11.3 Å². The number of nitrogens with one attached hydrogen (secondary N) is 1. The van der Waals surface area contributed by atoms with Crippen LogP contribution in [0.4, 0.5) is 0 Å². The Hall–Kier alpha value is -3.22. The fourth-order valence-electron chi connectivity index (χ4n) is 2.71. The number of nitrogens with zero attached hydrogens (tertiary/aromatic N) is 4. The molecule has 0 atom stereocenters. The molecule has 0 aliphatic carbocycles. The molecule has 7 nitrogen and oxygen atoms in total. The molecule has 0 unspecified atom stereocenters. The molecule has 1 N–H and O–H groups in total. The fraction of sp³-hybridized carbons (Fsp3) is 0.136. The Labute approximate surface area is 192 Å². The monoisotopic (exact) mass is 495 g/mol. The number of thioether (sulfide) groups is 1. The molecule has 1 heterocycles. The van der Waals surface area contributed by atoms with Gasteiger partial charge in [-0.25, -0.2) is 0 Å². The number of halogens is 1. The first-order valence-corrected chi connectivity index (χ1v) is 11.0. The fourth-order valence-corrected chi connectivity index (χ4v) is 4.04. The molecule has 0 fully saturated rings. The molecule has 1 amide bonds. The minimum absolute atomic E-state index is 0.0774. The zero-order valence-corrected chi connectivity index (χ0v) is 18.8. The van der Waals surface area contributed by atoms with Gasteiger partial charge < -0.3 is 9.88 Å². The lowest BCUT2D eigenvalue weighted by molar-refractivity contribution is 0.0948. The Kier molecular flexibility index (Phi) is 7.76. The number of carbonyl (C=O) groups is 2. The number of allylic oxidation sites excluding steroid dienone is 1. The number of hydrogen-bond acceptors (Lipinski definition) is 6. The molecule has 31 heavy (non-hydrogen) atoms. The molecule has 1 aromatic heterocycles. The molecule has 0 aliphatic heterocycles. The van der Waals surface area contributed by atoms with E-state index in [4.69, 9.17) is 5.26 Å². The lowest BCUT2D eigenvalue weighted by Crippen LogP contribution is -2.25. The van der Waals surface area contributed by atoms with E-state index in [0.29, 0.717) is 38.7 Å². The van der Waals surface area contributed by atoms with Crippen LogP contribution in [0.3, 0.4) is 0 Å². The highest BCUT2D eigenvalue weighted by Crippen LogP contribution is 2.20. The van der Waals surface area contributed by atoms with Gasteiger partial charge in [-0.05, 0) is 40.2 Å². The molecule has 0 spiro atoms. The quantitative estimate of drug-likeness (QED) is 0.273. The van der Waals surface area contributed by atoms with Crippen molar-refractivity contribution < 1.29 is 9.59 Å². The van der Waals surface area contributed by atoms with E-state index in [0.717, 1.165) is 0 Å². The molecule has 0 saturated heterocycles. The Bertz CT molecular complexity index is 1150. The summed E-state index contributed by atoms with van der Waals surface area (Å²) < 4.78 is 2.52. The van der Waals surface area contributed by atoms with Gasteiger partial charge in [0.05, 0.1) is 29.5 Å². The van der Waals surface area contributed by atoms with E-state index in [1.54, 1.807) is 48.5 Å². The maximum absolute atomic E-state index is 12.5. The Balaban J connectivity index is 1.66. The average molecular weight is 496 g/mol. The predicted molar refractivity (Wildman–Crippen MR) is 122 cm³/mol. The summed E-state index contributed by atoms with van der Waals surface area (Å²) in [5.41, 5.74) is 1.56. The summed E-state index contributed by atoms with van der Waals surface area (Å²) in [6, 6.07) is 15.7. The van der Waals surface area contributed by atoms with Gasteiger partial charge in [0.15, 0.2) is 16.8 Å². The second-order valence-corrected chi connectivity index (χ2v) is 8.16. The SMILES string of the molecule is C=CCn1c(CNC(=O)c2ccccc2Br)nnc1SCC(=O)c1ccc(C#N)cc1. The minimum atomic E-state index is -0.231. The molecule has 2 aromatic carbocycles. The molecule has 0 aliphatic rings. The van der Waals surface area contributed by atoms with Crippen LogP contribution in [0.2, 0.25) is 0 Å². The van der Waals surface area contributed by atoms with E-state index < -0.39 is 0 Å². The smallest absolute Gasteiger partial charge is 0.252 e. The van der Waals surface area contributed by atoms with Gasteiger partial charge in [0.1, 0.15) is 0 Å². The maximum atomic E-state index is 12.5. The third-order valence-electron chi connectivity index (χ3n) is 4.30. The van der Waals surface area contributed by atoms with Gasteiger partial charge in [0.2, 0.25) is 0 Å². The van der Waals surface area contributed by atoms with E-state index in [2.05, 4.69) is 38.0 Å². The zero-order valence-electron chi connectivity index (χ0n) is 16.4. The summed E-state index contributed by atoms with van der Waals surface area (Å²) in [5, 5.41) is 20.6. The summed E-state index contributed by atoms with van der Waals surface area (Å²) in [7, 11) is 0. The van der Waals surface area contributed by atoms with Gasteiger partial charge in [-0.15, -0.1) is 16.8 Å². The van der Waals surface area contributed by atoms with Gasteiger partial charge in [-0.2, -0.15) is 5.26 Å². The number of amides is 1. The second kappa shape index (κ2) is 10.7. The van der Waals surface area contributed by atoms with Crippen molar-refractivity contribution in [3.05, 3.63) is 88.2 Å². The summed E-state index contributed by atoms with van der Waals surface area (Å²) in [4.78, 5) is 24.9. The van der Waals surface area contributed by atoms with E-state index in [-0.39, 0.29) is 24.0 Å². The number of carbonyl (C=O) groups excluding carboxylic acids is 2. The van der Waals surface area contributed by atoms with Gasteiger partial charge in [0, 0.05) is 16.6 Å². The van der Waals surface area contributed by atoms with Crippen molar-refractivity contribution in [2.24, 2.45) is 0 Å². The van der Waals surface area contributed by atoms with Crippen LogP contribution in [0.15, 0.2) is 70.8 Å². The highest BCUT2D eigenvalue weighted by molar-refractivity contribution is 9.10. The van der Waals surface area contributed by atoms with Crippen molar-refractivity contribution in [3.63, 3.8) is 0 Å². The average Bonchev–Trinajstić information content (AvgIpc) is 3.18. The molecule has 9 heteroatoms. The van der Waals surface area contributed by atoms with Crippen LogP contribution in [0.5, 0.6) is 0 Å². The van der Waals surface area contributed by atoms with Gasteiger partial charge >= 0.3 is 0 Å². The number of hydrogen-bond donors (Lipinski definition) is 1. The lowest BCUT2D eigenvalue weighted by Gasteiger charge is -2.09. The highest BCUT2D eigenvalue weighted by atomic mass is 79.9. The zero-order chi connectivity index (χ0) is 22.2. The van der Waals surface area contributed by atoms with E-state index >= 15 is 0 Å². The van der Waals surface area contributed by atoms with Crippen molar-refractivity contribution >= 4 is 39.4 Å². The standard InChI is InChI=1S/C22H18BrN5O2S/c1-2-11-28-20(13-25-21(30)17-5-3-4-6-18(17)23)26-27-22(28)31-14-19(29)16-9-7-15(12-24)8-10-16/h2-10H,1,11,13-14H2,(H,25,30). The molecular formula is C22H18BrN5O2S. The topological polar surface area (TPSA) is 101 Å². The molecule has 156 valence electrons. The van der Waals surface area contributed by atoms with E-state index in [9.17, 15) is 9.59 Å². The van der Waals surface area contributed by atoms with Crippen molar-refractivity contribution in [2.75, 3.05) is 5.75 Å². The van der Waals surface area contributed by atoms with Crippen molar-refractivity contribution in [1.29, 1.82) is 5.26 Å². The maximum Gasteiger partial charge on any atom is 0.252 e. The third-order valence-corrected chi connectivity index (χ3v) is 5.96. The van der Waals surface area contributed by atoms with E-state index in [1.165, 1.54) is 11.8 Å². The molecule has 3 rings (SSSR count). The summed E-state index contributed by atoms with van der Waals surface area (Å²) in [5.74, 6) is 0.427. The molecule has 0 bridgehead atoms. The number of nitriles is 1. The summed E-state index contributed by atoms with van der Waals surface area (Å²) >= 11 is 4.63. The summed E-state index contributed by atoms with van der Waals surface area (Å²) in [6.45, 7) is 4.39. The van der Waals surface area contributed by atoms with Gasteiger partial charge in [-0.3, -0.25) is 9.59 Å². The van der Waals surface area contributed by atoms with Crippen LogP contribution >= 0.6 is 27.7 Å². The third kappa shape index (κ3) is 5.69. The number of ketones is 1. The first-order chi connectivity index (χ1) is 15.0. The molecule has 0 saturated carbocycles. The normalized spacial score (nSPS) is 10.3. The Morgan fingerprint density at radius 1 is 1.19 bits per heavy atom. The number of rotatable bonds is 9. The van der Waals surface area contributed by atoms with Gasteiger partial charge in [-0.1, -0.05) is 42.1 Å². The van der Waals surface area contributed by atoms with Crippen LogP contribution in [0.1, 0.15) is 32.1 Å². The van der Waals surface area contributed by atoms with E-state index in [1.807, 2.05) is 16.7 Å². The second-order valence-electron chi connectivity index (χ2n) is 6.36. The Morgan fingerprint density at radius 2 is 1.94 bits per heavy atom. The summed E-state index contributed by atoms with van der Waals surface area (Å²) in [6.07, 6.45) is 1.70. The number of benzene rings is 2. The minimum Gasteiger partial charge on any atom is -0.345 e.